The Morgan fingerprint density at radius 3 is 2.64 bits per heavy atom. The molecule has 0 aliphatic carbocycles. The summed E-state index contributed by atoms with van der Waals surface area (Å²) in [4.78, 5) is 15.8. The number of para-hydroxylation sites is 1. The first-order valence-electron chi connectivity index (χ1n) is 9.23. The van der Waals surface area contributed by atoms with Crippen molar-refractivity contribution in [2.45, 2.75) is 12.3 Å². The smallest absolute Gasteiger partial charge is 0.224 e. The lowest BCUT2D eigenvalue weighted by Gasteiger charge is -2.20. The summed E-state index contributed by atoms with van der Waals surface area (Å²) >= 11 is 6.46. The second kappa shape index (κ2) is 7.60. The fraction of sp³-hybridized carbons (Fsp3) is 0.286. The minimum Gasteiger partial charge on any atom is -0.361 e. The van der Waals surface area contributed by atoms with E-state index in [9.17, 15) is 13.2 Å². The second-order valence-electron chi connectivity index (χ2n) is 7.21. The molecule has 1 aromatic heterocycles. The van der Waals surface area contributed by atoms with Crippen LogP contribution >= 0.6 is 11.6 Å². The van der Waals surface area contributed by atoms with Crippen molar-refractivity contribution in [2.75, 3.05) is 18.1 Å². The van der Waals surface area contributed by atoms with Gasteiger partial charge in [-0.25, -0.2) is 8.42 Å². The van der Waals surface area contributed by atoms with E-state index in [1.165, 1.54) is 0 Å². The van der Waals surface area contributed by atoms with Gasteiger partial charge in [-0.1, -0.05) is 48.0 Å². The van der Waals surface area contributed by atoms with Crippen molar-refractivity contribution in [1.82, 2.24) is 10.3 Å². The largest absolute Gasteiger partial charge is 0.361 e. The molecule has 1 fully saturated rings. The molecule has 0 saturated carbocycles. The van der Waals surface area contributed by atoms with Gasteiger partial charge < -0.3 is 10.3 Å². The summed E-state index contributed by atoms with van der Waals surface area (Å²) in [5, 5.41) is 4.67. The summed E-state index contributed by atoms with van der Waals surface area (Å²) in [7, 11) is -3.10. The molecule has 1 amide bonds. The Balaban J connectivity index is 1.63. The average molecular weight is 417 g/mol. The zero-order valence-electron chi connectivity index (χ0n) is 15.2. The summed E-state index contributed by atoms with van der Waals surface area (Å²) in [6, 6.07) is 15.6. The van der Waals surface area contributed by atoms with E-state index < -0.39 is 15.8 Å². The van der Waals surface area contributed by atoms with Gasteiger partial charge in [0.05, 0.1) is 17.4 Å². The molecule has 0 spiro atoms. The van der Waals surface area contributed by atoms with Gasteiger partial charge in [-0.2, -0.15) is 0 Å². The normalized spacial score (nSPS) is 19.5. The predicted octanol–water partition coefficient (Wildman–Crippen LogP) is 3.50. The molecular formula is C21H21ClN2O3S. The Hall–Kier alpha value is -2.31. The van der Waals surface area contributed by atoms with Crippen LogP contribution in [0.4, 0.5) is 0 Å². The molecule has 0 unspecified atom stereocenters. The van der Waals surface area contributed by atoms with Gasteiger partial charge in [-0.05, 0) is 29.7 Å². The summed E-state index contributed by atoms with van der Waals surface area (Å²) < 4.78 is 23.4. The highest BCUT2D eigenvalue weighted by atomic mass is 35.5. The van der Waals surface area contributed by atoms with E-state index in [1.54, 1.807) is 0 Å². The van der Waals surface area contributed by atoms with Gasteiger partial charge >= 0.3 is 0 Å². The molecule has 2 heterocycles. The Bertz CT molecular complexity index is 1120. The van der Waals surface area contributed by atoms with E-state index in [0.717, 1.165) is 22.0 Å². The van der Waals surface area contributed by atoms with E-state index in [0.29, 0.717) is 18.0 Å². The average Bonchev–Trinajstić information content (AvgIpc) is 3.26. The first-order chi connectivity index (χ1) is 13.4. The summed E-state index contributed by atoms with van der Waals surface area (Å²) in [5.41, 5.74) is 2.99. The number of fused-ring (bicyclic) bond motifs is 1. The first kappa shape index (κ1) is 19.0. The topological polar surface area (TPSA) is 79.0 Å². The van der Waals surface area contributed by atoms with Crippen LogP contribution < -0.4 is 5.32 Å². The fourth-order valence-corrected chi connectivity index (χ4v) is 5.89. The maximum absolute atomic E-state index is 12.6. The SMILES string of the molecule is O=C(NC[C@@H](c1ccccc1Cl)c1c[nH]c2ccccc12)[C@H]1CCS(=O)(=O)C1. The van der Waals surface area contributed by atoms with Gasteiger partial charge in [0.2, 0.25) is 5.91 Å². The zero-order valence-corrected chi connectivity index (χ0v) is 16.8. The Morgan fingerprint density at radius 1 is 1.14 bits per heavy atom. The summed E-state index contributed by atoms with van der Waals surface area (Å²) in [5.74, 6) is -0.811. The van der Waals surface area contributed by atoms with Gasteiger partial charge in [-0.3, -0.25) is 4.79 Å². The first-order valence-corrected chi connectivity index (χ1v) is 11.4. The lowest BCUT2D eigenvalue weighted by Crippen LogP contribution is -2.34. The van der Waals surface area contributed by atoms with Crippen molar-refractivity contribution >= 4 is 38.2 Å². The van der Waals surface area contributed by atoms with Crippen LogP contribution in [0.2, 0.25) is 5.02 Å². The van der Waals surface area contributed by atoms with E-state index in [2.05, 4.69) is 10.3 Å². The number of nitrogens with one attached hydrogen (secondary N) is 2. The van der Waals surface area contributed by atoms with Gasteiger partial charge in [0.1, 0.15) is 0 Å². The number of hydrogen-bond donors (Lipinski definition) is 2. The molecule has 4 rings (SSSR count). The predicted molar refractivity (Wildman–Crippen MR) is 111 cm³/mol. The molecule has 1 aliphatic heterocycles. The van der Waals surface area contributed by atoms with Crippen LogP contribution in [0, 0.1) is 5.92 Å². The summed E-state index contributed by atoms with van der Waals surface area (Å²) in [6.07, 6.45) is 2.34. The fourth-order valence-electron chi connectivity index (χ4n) is 3.88. The van der Waals surface area contributed by atoms with Crippen LogP contribution in [0.15, 0.2) is 54.7 Å². The molecular weight excluding hydrogens is 396 g/mol. The van der Waals surface area contributed by atoms with Gasteiger partial charge in [-0.15, -0.1) is 0 Å². The number of halogens is 1. The van der Waals surface area contributed by atoms with Crippen molar-refractivity contribution in [3.63, 3.8) is 0 Å². The molecule has 7 heteroatoms. The number of sulfone groups is 1. The van der Waals surface area contributed by atoms with Gasteiger partial charge in [0.15, 0.2) is 9.84 Å². The monoisotopic (exact) mass is 416 g/mol. The van der Waals surface area contributed by atoms with Crippen LogP contribution in [0.1, 0.15) is 23.5 Å². The minimum absolute atomic E-state index is 0.0668. The molecule has 1 aliphatic rings. The molecule has 2 atom stereocenters. The third-order valence-corrected chi connectivity index (χ3v) is 7.47. The molecule has 3 aromatic rings. The van der Waals surface area contributed by atoms with Crippen LogP contribution in [0.25, 0.3) is 10.9 Å². The quantitative estimate of drug-likeness (QED) is 0.668. The van der Waals surface area contributed by atoms with Crippen molar-refractivity contribution in [1.29, 1.82) is 0 Å². The number of amides is 1. The number of benzene rings is 2. The third-order valence-electron chi connectivity index (χ3n) is 5.36. The molecule has 2 aromatic carbocycles. The zero-order chi connectivity index (χ0) is 19.7. The molecule has 0 bridgehead atoms. The number of carbonyl (C=O) groups excluding carboxylic acids is 1. The van der Waals surface area contributed by atoms with Crippen LogP contribution in [-0.4, -0.2) is 37.4 Å². The third kappa shape index (κ3) is 3.80. The van der Waals surface area contributed by atoms with Crippen molar-refractivity contribution in [2.24, 2.45) is 5.92 Å². The lowest BCUT2D eigenvalue weighted by molar-refractivity contribution is -0.124. The van der Waals surface area contributed by atoms with E-state index in [4.69, 9.17) is 11.6 Å². The van der Waals surface area contributed by atoms with Crippen LogP contribution in [0.5, 0.6) is 0 Å². The van der Waals surface area contributed by atoms with E-state index >= 15 is 0 Å². The lowest BCUT2D eigenvalue weighted by atomic mass is 9.90. The molecule has 146 valence electrons. The summed E-state index contributed by atoms with van der Waals surface area (Å²) in [6.45, 7) is 0.348. The highest BCUT2D eigenvalue weighted by molar-refractivity contribution is 7.91. The van der Waals surface area contributed by atoms with Gasteiger partial charge in [0.25, 0.3) is 0 Å². The van der Waals surface area contributed by atoms with Crippen molar-refractivity contribution < 1.29 is 13.2 Å². The van der Waals surface area contributed by atoms with Gasteiger partial charge in [0, 0.05) is 34.6 Å². The van der Waals surface area contributed by atoms with Crippen molar-refractivity contribution in [3.05, 3.63) is 70.9 Å². The molecule has 28 heavy (non-hydrogen) atoms. The molecule has 1 saturated heterocycles. The molecule has 5 nitrogen and oxygen atoms in total. The number of rotatable bonds is 5. The standard InChI is InChI=1S/C21H21ClN2O3S/c22-19-7-3-1-5-15(19)17(18-11-23-20-8-4-2-6-16(18)20)12-24-21(25)14-9-10-28(26,27)13-14/h1-8,11,14,17,23H,9-10,12-13H2,(H,24,25)/t14-,17-/m0/s1. The maximum atomic E-state index is 12.6. The van der Waals surface area contributed by atoms with E-state index in [-0.39, 0.29) is 23.3 Å². The van der Waals surface area contributed by atoms with Crippen molar-refractivity contribution in [3.8, 4) is 0 Å². The molecule has 2 N–H and O–H groups in total. The second-order valence-corrected chi connectivity index (χ2v) is 9.84. The Morgan fingerprint density at radius 2 is 1.89 bits per heavy atom. The highest BCUT2D eigenvalue weighted by Crippen LogP contribution is 2.34. The number of aromatic nitrogens is 1. The Labute approximate surface area is 169 Å². The maximum Gasteiger partial charge on any atom is 0.224 e. The Kier molecular flexibility index (Phi) is 5.17. The number of aromatic amines is 1. The van der Waals surface area contributed by atoms with Crippen LogP contribution in [0.3, 0.4) is 0 Å². The number of H-pyrrole nitrogens is 1. The highest BCUT2D eigenvalue weighted by Gasteiger charge is 2.33. The van der Waals surface area contributed by atoms with Crippen LogP contribution in [-0.2, 0) is 14.6 Å². The number of hydrogen-bond acceptors (Lipinski definition) is 3. The number of carbonyl (C=O) groups is 1. The molecule has 0 radical (unpaired) electrons. The minimum atomic E-state index is -3.10. The van der Waals surface area contributed by atoms with E-state index in [1.807, 2.05) is 54.7 Å².